The second-order valence-electron chi connectivity index (χ2n) is 3.84. The van der Waals surface area contributed by atoms with Crippen molar-refractivity contribution in [1.29, 1.82) is 5.26 Å². The second kappa shape index (κ2) is 5.50. The lowest BCUT2D eigenvalue weighted by Crippen LogP contribution is -2.58. The molecule has 0 saturated carbocycles. The van der Waals surface area contributed by atoms with Crippen LogP contribution in [0, 0.1) is 17.2 Å². The highest BCUT2D eigenvalue weighted by Gasteiger charge is 2.34. The third-order valence-corrected chi connectivity index (χ3v) is 2.86. The first-order valence-electron chi connectivity index (χ1n) is 5.63. The van der Waals surface area contributed by atoms with Gasteiger partial charge in [0, 0.05) is 13.1 Å². The van der Waals surface area contributed by atoms with Crippen LogP contribution in [0.25, 0.3) is 0 Å². The Hall–Kier alpha value is -1.57. The molecule has 0 radical (unpaired) electrons. The lowest BCUT2D eigenvalue weighted by molar-refractivity contribution is -0.145. The molecule has 0 spiro atoms. The highest BCUT2D eigenvalue weighted by Crippen LogP contribution is 2.14. The van der Waals surface area contributed by atoms with Gasteiger partial charge in [0.2, 0.25) is 11.8 Å². The Bertz CT molecular complexity index is 322. The van der Waals surface area contributed by atoms with Crippen molar-refractivity contribution >= 4 is 11.8 Å². The summed E-state index contributed by atoms with van der Waals surface area (Å²) in [7, 11) is 0. The molecule has 1 aliphatic heterocycles. The number of piperazine rings is 1. The zero-order valence-corrected chi connectivity index (χ0v) is 9.69. The van der Waals surface area contributed by atoms with Gasteiger partial charge in [0.15, 0.2) is 0 Å². The van der Waals surface area contributed by atoms with Gasteiger partial charge in [0.05, 0.1) is 6.07 Å². The molecule has 0 aromatic rings. The van der Waals surface area contributed by atoms with Crippen LogP contribution in [0.4, 0.5) is 0 Å². The molecular weight excluding hydrogens is 206 g/mol. The van der Waals surface area contributed by atoms with Crippen molar-refractivity contribution in [3.63, 3.8) is 0 Å². The summed E-state index contributed by atoms with van der Waals surface area (Å²) >= 11 is 0. The molecular formula is C11H17N3O2. The molecule has 5 nitrogen and oxygen atoms in total. The minimum absolute atomic E-state index is 0.116. The van der Waals surface area contributed by atoms with Crippen molar-refractivity contribution in [2.45, 2.75) is 32.7 Å². The third kappa shape index (κ3) is 2.32. The van der Waals surface area contributed by atoms with Gasteiger partial charge in [-0.25, -0.2) is 0 Å². The predicted molar refractivity (Wildman–Crippen MR) is 58.2 cm³/mol. The van der Waals surface area contributed by atoms with E-state index in [4.69, 9.17) is 5.26 Å². The quantitative estimate of drug-likeness (QED) is 0.746. The fraction of sp³-hybridized carbons (Fsp3) is 0.727. The molecule has 2 atom stereocenters. The molecule has 0 bridgehead atoms. The first-order chi connectivity index (χ1) is 7.65. The van der Waals surface area contributed by atoms with E-state index in [1.165, 1.54) is 4.90 Å². The average molecular weight is 223 g/mol. The normalized spacial score (nSPS) is 22.2. The van der Waals surface area contributed by atoms with Gasteiger partial charge in [0.1, 0.15) is 12.0 Å². The first kappa shape index (κ1) is 12.5. The lowest BCUT2D eigenvalue weighted by Gasteiger charge is -2.35. The number of rotatable bonds is 3. The number of nitrogens with zero attached hydrogens (tertiary/aromatic N) is 2. The van der Waals surface area contributed by atoms with Crippen molar-refractivity contribution in [3.8, 4) is 6.07 Å². The van der Waals surface area contributed by atoms with E-state index >= 15 is 0 Å². The monoisotopic (exact) mass is 223 g/mol. The van der Waals surface area contributed by atoms with Crippen molar-refractivity contribution < 1.29 is 9.59 Å². The molecule has 2 amide bonds. The summed E-state index contributed by atoms with van der Waals surface area (Å²) in [4.78, 5) is 25.1. The van der Waals surface area contributed by atoms with Crippen LogP contribution >= 0.6 is 0 Å². The molecule has 5 heteroatoms. The molecule has 1 saturated heterocycles. The molecule has 1 rings (SSSR count). The predicted octanol–water partition coefficient (Wildman–Crippen LogP) is 0.273. The van der Waals surface area contributed by atoms with Crippen molar-refractivity contribution in [2.75, 3.05) is 13.1 Å². The van der Waals surface area contributed by atoms with E-state index in [0.717, 1.165) is 0 Å². The van der Waals surface area contributed by atoms with Gasteiger partial charge in [0.25, 0.3) is 0 Å². The van der Waals surface area contributed by atoms with Crippen LogP contribution in [0.3, 0.4) is 0 Å². The second-order valence-corrected chi connectivity index (χ2v) is 3.84. The molecule has 0 aromatic heterocycles. The maximum absolute atomic E-state index is 12.0. The van der Waals surface area contributed by atoms with Crippen LogP contribution < -0.4 is 5.32 Å². The van der Waals surface area contributed by atoms with Gasteiger partial charge >= 0.3 is 0 Å². The van der Waals surface area contributed by atoms with E-state index in [1.807, 2.05) is 13.0 Å². The number of carbonyl (C=O) groups excluding carboxylic acids is 2. The summed E-state index contributed by atoms with van der Waals surface area (Å²) < 4.78 is 0. The fourth-order valence-electron chi connectivity index (χ4n) is 1.91. The molecule has 1 aliphatic rings. The van der Waals surface area contributed by atoms with Gasteiger partial charge in [-0.1, -0.05) is 13.8 Å². The van der Waals surface area contributed by atoms with Crippen LogP contribution in [0.15, 0.2) is 0 Å². The van der Waals surface area contributed by atoms with E-state index in [2.05, 4.69) is 5.32 Å². The first-order valence-corrected chi connectivity index (χ1v) is 5.63. The molecule has 1 fully saturated rings. The summed E-state index contributed by atoms with van der Waals surface area (Å²) in [6, 6.07) is 1.57. The Balaban J connectivity index is 2.81. The Morgan fingerprint density at radius 2 is 2.38 bits per heavy atom. The number of nitriles is 1. The maximum atomic E-state index is 12.0. The number of hydrogen-bond acceptors (Lipinski definition) is 3. The van der Waals surface area contributed by atoms with E-state index in [9.17, 15) is 9.59 Å². The van der Waals surface area contributed by atoms with Crippen LogP contribution in [0.2, 0.25) is 0 Å². The number of hydrogen-bond donors (Lipinski definition) is 1. The minimum Gasteiger partial charge on any atom is -0.353 e. The Morgan fingerprint density at radius 1 is 1.69 bits per heavy atom. The van der Waals surface area contributed by atoms with E-state index < -0.39 is 12.0 Å². The van der Waals surface area contributed by atoms with Gasteiger partial charge in [-0.3, -0.25) is 9.59 Å². The third-order valence-electron chi connectivity index (χ3n) is 2.86. The van der Waals surface area contributed by atoms with Gasteiger partial charge in [-0.05, 0) is 12.8 Å². The zero-order chi connectivity index (χ0) is 12.1. The topological polar surface area (TPSA) is 73.2 Å². The van der Waals surface area contributed by atoms with Crippen molar-refractivity contribution in [2.24, 2.45) is 5.92 Å². The minimum atomic E-state index is -0.625. The standard InChI is InChI=1S/C11H17N3O2/c1-3-8(7-12)11(16)14-6-5-13-10(15)9(14)4-2/h8-9H,3-6H2,1-2H3,(H,13,15). The molecule has 1 heterocycles. The maximum Gasteiger partial charge on any atom is 0.242 e. The van der Waals surface area contributed by atoms with Crippen LogP contribution in [-0.2, 0) is 9.59 Å². The molecule has 1 N–H and O–H groups in total. The highest BCUT2D eigenvalue weighted by atomic mass is 16.2. The Morgan fingerprint density at radius 3 is 2.88 bits per heavy atom. The van der Waals surface area contributed by atoms with E-state index in [1.54, 1.807) is 6.92 Å². The number of carbonyl (C=O) groups is 2. The fourth-order valence-corrected chi connectivity index (χ4v) is 1.91. The summed E-state index contributed by atoms with van der Waals surface area (Å²) in [5, 5.41) is 11.6. The summed E-state index contributed by atoms with van der Waals surface area (Å²) in [5.74, 6) is -0.957. The average Bonchev–Trinajstić information content (AvgIpc) is 2.30. The van der Waals surface area contributed by atoms with Crippen LogP contribution in [0.1, 0.15) is 26.7 Å². The largest absolute Gasteiger partial charge is 0.353 e. The van der Waals surface area contributed by atoms with Gasteiger partial charge < -0.3 is 10.2 Å². The summed E-state index contributed by atoms with van der Waals surface area (Å²) in [6.07, 6.45) is 1.07. The molecule has 0 aromatic carbocycles. The summed E-state index contributed by atoms with van der Waals surface area (Å²) in [5.41, 5.74) is 0. The van der Waals surface area contributed by atoms with Crippen LogP contribution in [-0.4, -0.2) is 35.8 Å². The summed E-state index contributed by atoms with van der Waals surface area (Å²) in [6.45, 7) is 4.64. The molecule has 2 unspecified atom stereocenters. The highest BCUT2D eigenvalue weighted by molar-refractivity contribution is 5.90. The zero-order valence-electron chi connectivity index (χ0n) is 9.69. The van der Waals surface area contributed by atoms with Crippen LogP contribution in [0.5, 0.6) is 0 Å². The van der Waals surface area contributed by atoms with Gasteiger partial charge in [-0.2, -0.15) is 5.26 Å². The van der Waals surface area contributed by atoms with Crippen molar-refractivity contribution in [1.82, 2.24) is 10.2 Å². The van der Waals surface area contributed by atoms with E-state index in [-0.39, 0.29) is 11.8 Å². The molecule has 16 heavy (non-hydrogen) atoms. The smallest absolute Gasteiger partial charge is 0.242 e. The Kier molecular flexibility index (Phi) is 4.29. The Labute approximate surface area is 95.4 Å². The molecule has 0 aliphatic carbocycles. The molecule has 88 valence electrons. The lowest BCUT2D eigenvalue weighted by atomic mass is 10.0. The van der Waals surface area contributed by atoms with Gasteiger partial charge in [-0.15, -0.1) is 0 Å². The number of nitrogens with one attached hydrogen (secondary N) is 1. The SMILES string of the molecule is CCC(C#N)C(=O)N1CCNC(=O)C1CC. The van der Waals surface area contributed by atoms with E-state index in [0.29, 0.717) is 25.9 Å². The number of amides is 2. The van der Waals surface area contributed by atoms with Crippen molar-refractivity contribution in [3.05, 3.63) is 0 Å².